The standard InChI is InChI=1S/C13H19NS/c1-14(12-5-6-12)10-9-11-3-7-13(15-2)8-4-11/h3-4,7-8,12H,5-6,9-10H2,1-2H3. The first-order chi connectivity index (χ1) is 7.29. The molecule has 2 heteroatoms. The Kier molecular flexibility index (Phi) is 3.71. The van der Waals surface area contributed by atoms with Crippen LogP contribution in [0, 0.1) is 0 Å². The van der Waals surface area contributed by atoms with E-state index in [-0.39, 0.29) is 0 Å². The van der Waals surface area contributed by atoms with Crippen molar-refractivity contribution >= 4 is 11.8 Å². The van der Waals surface area contributed by atoms with E-state index in [1.165, 1.54) is 36.3 Å². The van der Waals surface area contributed by atoms with Gasteiger partial charge in [0.15, 0.2) is 0 Å². The van der Waals surface area contributed by atoms with E-state index >= 15 is 0 Å². The van der Waals surface area contributed by atoms with Gasteiger partial charge in [0.05, 0.1) is 0 Å². The molecule has 1 nitrogen and oxygen atoms in total. The molecule has 0 amide bonds. The van der Waals surface area contributed by atoms with E-state index in [9.17, 15) is 0 Å². The zero-order valence-corrected chi connectivity index (χ0v) is 10.4. The molecule has 82 valence electrons. The van der Waals surface area contributed by atoms with Crippen molar-refractivity contribution in [1.29, 1.82) is 0 Å². The van der Waals surface area contributed by atoms with Crippen LogP contribution < -0.4 is 0 Å². The molecule has 1 saturated carbocycles. The van der Waals surface area contributed by atoms with Crippen molar-refractivity contribution in [3.8, 4) is 0 Å². The highest BCUT2D eigenvalue weighted by Gasteiger charge is 2.25. The van der Waals surface area contributed by atoms with E-state index in [4.69, 9.17) is 0 Å². The normalized spacial score (nSPS) is 15.9. The Hall–Kier alpha value is -0.470. The summed E-state index contributed by atoms with van der Waals surface area (Å²) < 4.78 is 0. The summed E-state index contributed by atoms with van der Waals surface area (Å²) in [5, 5.41) is 0. The largest absolute Gasteiger partial charge is 0.303 e. The fourth-order valence-electron chi connectivity index (χ4n) is 1.80. The van der Waals surface area contributed by atoms with Crippen molar-refractivity contribution in [2.45, 2.75) is 30.2 Å². The monoisotopic (exact) mass is 221 g/mol. The lowest BCUT2D eigenvalue weighted by atomic mass is 10.1. The van der Waals surface area contributed by atoms with Gasteiger partial charge in [-0.15, -0.1) is 11.8 Å². The van der Waals surface area contributed by atoms with Gasteiger partial charge in [-0.05, 0) is 50.3 Å². The number of thioether (sulfide) groups is 1. The summed E-state index contributed by atoms with van der Waals surface area (Å²) in [5.41, 5.74) is 1.46. The van der Waals surface area contributed by atoms with Crippen LogP contribution in [0.15, 0.2) is 29.2 Å². The summed E-state index contributed by atoms with van der Waals surface area (Å²) in [5.74, 6) is 0. The lowest BCUT2D eigenvalue weighted by molar-refractivity contribution is 0.328. The summed E-state index contributed by atoms with van der Waals surface area (Å²) in [4.78, 5) is 3.84. The van der Waals surface area contributed by atoms with Crippen LogP contribution in [0.25, 0.3) is 0 Å². The Bertz CT molecular complexity index is 303. The fourth-order valence-corrected chi connectivity index (χ4v) is 2.20. The molecule has 0 heterocycles. The molecule has 1 fully saturated rings. The molecule has 2 rings (SSSR count). The highest BCUT2D eigenvalue weighted by atomic mass is 32.2. The topological polar surface area (TPSA) is 3.24 Å². The average molecular weight is 221 g/mol. The molecule has 0 unspecified atom stereocenters. The number of hydrogen-bond donors (Lipinski definition) is 0. The number of benzene rings is 1. The third kappa shape index (κ3) is 3.25. The minimum atomic E-state index is 0.885. The Morgan fingerprint density at radius 3 is 2.47 bits per heavy atom. The van der Waals surface area contributed by atoms with Gasteiger partial charge in [0.1, 0.15) is 0 Å². The average Bonchev–Trinajstić information content (AvgIpc) is 3.10. The zero-order chi connectivity index (χ0) is 10.7. The molecule has 1 aromatic carbocycles. The molecular weight excluding hydrogens is 202 g/mol. The minimum Gasteiger partial charge on any atom is -0.303 e. The molecular formula is C13H19NS. The number of hydrogen-bond acceptors (Lipinski definition) is 2. The zero-order valence-electron chi connectivity index (χ0n) is 9.57. The van der Waals surface area contributed by atoms with Crippen LogP contribution in [0.2, 0.25) is 0 Å². The van der Waals surface area contributed by atoms with Gasteiger partial charge in [-0.2, -0.15) is 0 Å². The third-order valence-corrected chi connectivity index (χ3v) is 3.83. The van der Waals surface area contributed by atoms with E-state index < -0.39 is 0 Å². The molecule has 0 saturated heterocycles. The maximum absolute atomic E-state index is 2.49. The maximum Gasteiger partial charge on any atom is 0.00935 e. The van der Waals surface area contributed by atoms with Crippen molar-refractivity contribution in [2.24, 2.45) is 0 Å². The van der Waals surface area contributed by atoms with E-state index in [1.54, 1.807) is 11.8 Å². The van der Waals surface area contributed by atoms with Gasteiger partial charge in [-0.25, -0.2) is 0 Å². The number of likely N-dealkylation sites (N-methyl/N-ethyl adjacent to an activating group) is 1. The minimum absolute atomic E-state index is 0.885. The second kappa shape index (κ2) is 5.04. The van der Waals surface area contributed by atoms with Crippen LogP contribution in [0.5, 0.6) is 0 Å². The highest BCUT2D eigenvalue weighted by Crippen LogP contribution is 2.25. The molecule has 0 aliphatic heterocycles. The summed E-state index contributed by atoms with van der Waals surface area (Å²) in [6.45, 7) is 1.20. The van der Waals surface area contributed by atoms with Gasteiger partial charge in [-0.1, -0.05) is 12.1 Å². The SMILES string of the molecule is CSc1ccc(CCN(C)C2CC2)cc1. The van der Waals surface area contributed by atoms with Crippen LogP contribution >= 0.6 is 11.8 Å². The molecule has 1 aromatic rings. The van der Waals surface area contributed by atoms with E-state index in [2.05, 4.69) is 42.5 Å². The first kappa shape index (κ1) is 11.0. The maximum atomic E-state index is 2.49. The molecule has 0 atom stereocenters. The lowest BCUT2D eigenvalue weighted by Crippen LogP contribution is -2.23. The van der Waals surface area contributed by atoms with Gasteiger partial charge >= 0.3 is 0 Å². The summed E-state index contributed by atoms with van der Waals surface area (Å²) in [6, 6.07) is 9.84. The van der Waals surface area contributed by atoms with Crippen molar-refractivity contribution < 1.29 is 0 Å². The van der Waals surface area contributed by atoms with Gasteiger partial charge in [0.2, 0.25) is 0 Å². The van der Waals surface area contributed by atoms with Crippen molar-refractivity contribution in [3.63, 3.8) is 0 Å². The molecule has 0 N–H and O–H groups in total. The molecule has 1 aliphatic rings. The molecule has 0 bridgehead atoms. The highest BCUT2D eigenvalue weighted by molar-refractivity contribution is 7.98. The van der Waals surface area contributed by atoms with E-state index in [0.717, 1.165) is 6.04 Å². The summed E-state index contributed by atoms with van der Waals surface area (Å²) >= 11 is 1.81. The van der Waals surface area contributed by atoms with Crippen LogP contribution in [-0.4, -0.2) is 30.8 Å². The van der Waals surface area contributed by atoms with Crippen LogP contribution in [-0.2, 0) is 6.42 Å². The Morgan fingerprint density at radius 1 is 1.27 bits per heavy atom. The number of rotatable bonds is 5. The molecule has 1 aliphatic carbocycles. The first-order valence-electron chi connectivity index (χ1n) is 5.63. The second-order valence-electron chi connectivity index (χ2n) is 4.31. The van der Waals surface area contributed by atoms with E-state index in [0.29, 0.717) is 0 Å². The van der Waals surface area contributed by atoms with Crippen LogP contribution in [0.4, 0.5) is 0 Å². The van der Waals surface area contributed by atoms with Gasteiger partial charge in [0.25, 0.3) is 0 Å². The predicted molar refractivity (Wildman–Crippen MR) is 67.6 cm³/mol. The van der Waals surface area contributed by atoms with Gasteiger partial charge < -0.3 is 4.90 Å². The van der Waals surface area contributed by atoms with Gasteiger partial charge in [-0.3, -0.25) is 0 Å². The molecule has 0 aromatic heterocycles. The smallest absolute Gasteiger partial charge is 0.00935 e. The summed E-state index contributed by atoms with van der Waals surface area (Å²) in [7, 11) is 2.24. The second-order valence-corrected chi connectivity index (χ2v) is 5.19. The van der Waals surface area contributed by atoms with Crippen LogP contribution in [0.3, 0.4) is 0 Å². The molecule has 0 spiro atoms. The van der Waals surface area contributed by atoms with Crippen molar-refractivity contribution in [3.05, 3.63) is 29.8 Å². The first-order valence-corrected chi connectivity index (χ1v) is 6.85. The fraction of sp³-hybridized carbons (Fsp3) is 0.538. The Balaban J connectivity index is 1.81. The number of nitrogens with zero attached hydrogens (tertiary/aromatic N) is 1. The van der Waals surface area contributed by atoms with E-state index in [1.807, 2.05) is 0 Å². The molecule has 15 heavy (non-hydrogen) atoms. The van der Waals surface area contributed by atoms with Crippen LogP contribution in [0.1, 0.15) is 18.4 Å². The van der Waals surface area contributed by atoms with Gasteiger partial charge in [0, 0.05) is 17.5 Å². The van der Waals surface area contributed by atoms with Crippen molar-refractivity contribution in [2.75, 3.05) is 19.8 Å². The Morgan fingerprint density at radius 2 is 1.93 bits per heavy atom. The third-order valence-electron chi connectivity index (χ3n) is 3.08. The quantitative estimate of drug-likeness (QED) is 0.703. The van der Waals surface area contributed by atoms with Crippen molar-refractivity contribution in [1.82, 2.24) is 4.90 Å². The summed E-state index contributed by atoms with van der Waals surface area (Å²) in [6.07, 6.45) is 6.11. The Labute approximate surface area is 96.9 Å². The lowest BCUT2D eigenvalue weighted by Gasteiger charge is -2.15. The molecule has 0 radical (unpaired) electrons. The predicted octanol–water partition coefficient (Wildman–Crippen LogP) is 3.05.